The average Bonchev–Trinajstić information content (AvgIpc) is 4.18. The standard InChI is InChI=1S/C60H38N8/c1-64-59-57(62-60(64)67-48-30-16-13-27-42(48)46-35-52-45(36-53(46)67)41-26-12-15-29-47(41)66(52)39-23-9-4-10-24-39)61-55(37-19-5-2-6-20-37)58(63-59)68-49-31-17-11-25-40(49)43-33-34-51-54(56(43)68)44-28-14-18-32-50(44)65(51)38-21-7-3-8-22-38/h2-36H,1H3. The Morgan fingerprint density at radius 1 is 0.338 bits per heavy atom. The van der Waals surface area contributed by atoms with Crippen molar-refractivity contribution in [3.05, 3.63) is 212 Å². The minimum atomic E-state index is 0.574. The summed E-state index contributed by atoms with van der Waals surface area (Å²) in [6, 6.07) is 75.8. The molecule has 8 nitrogen and oxygen atoms in total. The molecule has 0 fully saturated rings. The fourth-order valence-corrected chi connectivity index (χ4v) is 11.2. The molecule has 68 heavy (non-hydrogen) atoms. The maximum atomic E-state index is 5.74. The first-order valence-electron chi connectivity index (χ1n) is 23.0. The van der Waals surface area contributed by atoms with Crippen molar-refractivity contribution in [1.29, 1.82) is 0 Å². The lowest BCUT2D eigenvalue weighted by molar-refractivity contribution is 0.858. The lowest BCUT2D eigenvalue weighted by Crippen LogP contribution is -2.06. The number of para-hydroxylation sites is 6. The lowest BCUT2D eigenvalue weighted by atomic mass is 10.1. The van der Waals surface area contributed by atoms with Crippen molar-refractivity contribution < 1.29 is 0 Å². The van der Waals surface area contributed by atoms with Gasteiger partial charge in [0.15, 0.2) is 17.1 Å². The Bertz CT molecular complexity index is 4550. The minimum absolute atomic E-state index is 0.574. The van der Waals surface area contributed by atoms with Crippen molar-refractivity contribution in [3.8, 4) is 34.4 Å². The summed E-state index contributed by atoms with van der Waals surface area (Å²) >= 11 is 0. The zero-order chi connectivity index (χ0) is 44.6. The Hall–Kier alpha value is -9.27. The quantitative estimate of drug-likeness (QED) is 0.173. The summed E-state index contributed by atoms with van der Waals surface area (Å²) in [5.74, 6) is 1.48. The summed E-state index contributed by atoms with van der Waals surface area (Å²) in [4.78, 5) is 16.7. The van der Waals surface area contributed by atoms with E-state index in [4.69, 9.17) is 15.0 Å². The highest BCUT2D eigenvalue weighted by Gasteiger charge is 2.27. The van der Waals surface area contributed by atoms with Gasteiger partial charge in [0.25, 0.3) is 0 Å². The van der Waals surface area contributed by atoms with E-state index in [1.165, 1.54) is 21.7 Å². The molecule has 0 bridgehead atoms. The molecule has 6 heterocycles. The third kappa shape index (κ3) is 5.00. The van der Waals surface area contributed by atoms with Gasteiger partial charge in [-0.25, -0.2) is 9.97 Å². The Morgan fingerprint density at radius 2 is 0.809 bits per heavy atom. The van der Waals surface area contributed by atoms with E-state index in [0.717, 1.165) is 99.9 Å². The molecule has 15 aromatic rings. The van der Waals surface area contributed by atoms with Crippen LogP contribution in [0.25, 0.3) is 133 Å². The second-order valence-corrected chi connectivity index (χ2v) is 17.7. The highest BCUT2D eigenvalue weighted by Crippen LogP contribution is 2.44. The molecule has 6 aromatic heterocycles. The van der Waals surface area contributed by atoms with Crippen molar-refractivity contribution in [2.45, 2.75) is 0 Å². The maximum Gasteiger partial charge on any atom is 0.218 e. The van der Waals surface area contributed by atoms with Crippen LogP contribution in [0.2, 0.25) is 0 Å². The first-order chi connectivity index (χ1) is 33.7. The van der Waals surface area contributed by atoms with E-state index in [-0.39, 0.29) is 0 Å². The van der Waals surface area contributed by atoms with Crippen LogP contribution in [-0.4, -0.2) is 37.8 Å². The summed E-state index contributed by atoms with van der Waals surface area (Å²) in [6.45, 7) is 0. The van der Waals surface area contributed by atoms with Gasteiger partial charge >= 0.3 is 0 Å². The maximum absolute atomic E-state index is 5.74. The molecular formula is C60H38N8. The van der Waals surface area contributed by atoms with Gasteiger partial charge < -0.3 is 9.13 Å². The number of hydrogen-bond donors (Lipinski definition) is 0. The molecule has 0 atom stereocenters. The second kappa shape index (κ2) is 13.9. The molecule has 0 N–H and O–H groups in total. The summed E-state index contributed by atoms with van der Waals surface area (Å²) in [5, 5.41) is 9.31. The molecular weight excluding hydrogens is 833 g/mol. The highest BCUT2D eigenvalue weighted by molar-refractivity contribution is 6.26. The van der Waals surface area contributed by atoms with Crippen molar-refractivity contribution in [2.75, 3.05) is 0 Å². The van der Waals surface area contributed by atoms with E-state index in [9.17, 15) is 0 Å². The second-order valence-electron chi connectivity index (χ2n) is 17.7. The molecule has 0 saturated carbocycles. The van der Waals surface area contributed by atoms with Crippen LogP contribution in [0.5, 0.6) is 0 Å². The van der Waals surface area contributed by atoms with E-state index >= 15 is 0 Å². The predicted molar refractivity (Wildman–Crippen MR) is 279 cm³/mol. The fourth-order valence-electron chi connectivity index (χ4n) is 11.2. The summed E-state index contributed by atoms with van der Waals surface area (Å²) in [5.41, 5.74) is 14.1. The zero-order valence-corrected chi connectivity index (χ0v) is 36.8. The van der Waals surface area contributed by atoms with Gasteiger partial charge in [-0.3, -0.25) is 13.7 Å². The van der Waals surface area contributed by atoms with Crippen molar-refractivity contribution >= 4 is 98.5 Å². The van der Waals surface area contributed by atoms with Crippen LogP contribution >= 0.6 is 0 Å². The molecule has 8 heteroatoms. The minimum Gasteiger partial charge on any atom is -0.309 e. The molecule has 0 spiro atoms. The fraction of sp³-hybridized carbons (Fsp3) is 0.0167. The number of benzene rings is 9. The van der Waals surface area contributed by atoms with Crippen LogP contribution in [-0.2, 0) is 7.05 Å². The topological polar surface area (TPSA) is 63.3 Å². The van der Waals surface area contributed by atoms with Gasteiger partial charge in [-0.1, -0.05) is 146 Å². The predicted octanol–water partition coefficient (Wildman–Crippen LogP) is 14.4. The molecule has 0 radical (unpaired) electrons. The first-order valence-corrected chi connectivity index (χ1v) is 23.0. The van der Waals surface area contributed by atoms with Gasteiger partial charge in [-0.15, -0.1) is 0 Å². The molecule has 15 rings (SSSR count). The van der Waals surface area contributed by atoms with Gasteiger partial charge in [-0.05, 0) is 66.7 Å². The summed E-state index contributed by atoms with van der Waals surface area (Å²) in [7, 11) is 2.07. The van der Waals surface area contributed by atoms with E-state index in [2.05, 4.69) is 236 Å². The van der Waals surface area contributed by atoms with Crippen LogP contribution in [0.3, 0.4) is 0 Å². The number of aromatic nitrogens is 8. The molecule has 0 saturated heterocycles. The van der Waals surface area contributed by atoms with Crippen molar-refractivity contribution in [3.63, 3.8) is 0 Å². The normalized spacial score (nSPS) is 12.2. The number of aryl methyl sites for hydroxylation is 1. The van der Waals surface area contributed by atoms with Gasteiger partial charge in [0.05, 0.1) is 44.1 Å². The Kier molecular flexibility index (Phi) is 7.55. The van der Waals surface area contributed by atoms with E-state index in [1.54, 1.807) is 0 Å². The van der Waals surface area contributed by atoms with Gasteiger partial charge in [0.2, 0.25) is 5.95 Å². The monoisotopic (exact) mass is 870 g/mol. The SMILES string of the molecule is Cn1c(-n2c3ccccc3c3cc4c(cc32)c2ccccc2n4-c2ccccc2)nc2nc(-c3ccccc3)c(-n3c4ccccc4c4ccc5c(c6ccccc6n5-c5ccccc5)c43)nc21. The lowest BCUT2D eigenvalue weighted by Gasteiger charge is -2.13. The summed E-state index contributed by atoms with van der Waals surface area (Å²) in [6.07, 6.45) is 0. The van der Waals surface area contributed by atoms with Crippen molar-refractivity contribution in [1.82, 2.24) is 37.8 Å². The Morgan fingerprint density at radius 3 is 1.43 bits per heavy atom. The molecule has 0 aliphatic rings. The van der Waals surface area contributed by atoms with E-state index in [1.807, 2.05) is 6.07 Å². The van der Waals surface area contributed by atoms with Gasteiger partial charge in [0.1, 0.15) is 5.69 Å². The summed E-state index contributed by atoms with van der Waals surface area (Å²) < 4.78 is 11.5. The first kappa shape index (κ1) is 37.0. The number of rotatable bonds is 5. The third-order valence-corrected chi connectivity index (χ3v) is 14.1. The van der Waals surface area contributed by atoms with Crippen LogP contribution in [0.4, 0.5) is 0 Å². The molecule has 0 amide bonds. The Labute approximate surface area is 388 Å². The highest BCUT2D eigenvalue weighted by atomic mass is 15.3. The van der Waals surface area contributed by atoms with Crippen molar-refractivity contribution in [2.24, 2.45) is 7.05 Å². The number of hydrogen-bond acceptors (Lipinski definition) is 3. The smallest absolute Gasteiger partial charge is 0.218 e. The molecule has 9 aromatic carbocycles. The van der Waals surface area contributed by atoms with E-state index in [0.29, 0.717) is 11.3 Å². The molecule has 318 valence electrons. The Balaban J connectivity index is 1.05. The molecule has 0 aliphatic carbocycles. The number of nitrogens with zero attached hydrogens (tertiary/aromatic N) is 8. The zero-order valence-electron chi connectivity index (χ0n) is 36.8. The van der Waals surface area contributed by atoms with E-state index < -0.39 is 0 Å². The number of fused-ring (bicyclic) bond motifs is 14. The van der Waals surface area contributed by atoms with Crippen LogP contribution < -0.4 is 0 Å². The van der Waals surface area contributed by atoms with Gasteiger partial charge in [-0.2, -0.15) is 4.98 Å². The number of imidazole rings is 1. The van der Waals surface area contributed by atoms with Crippen LogP contribution in [0.15, 0.2) is 212 Å². The molecule has 0 aliphatic heterocycles. The third-order valence-electron chi connectivity index (χ3n) is 14.1. The van der Waals surface area contributed by atoms with Gasteiger partial charge in [0, 0.05) is 67.1 Å². The largest absolute Gasteiger partial charge is 0.309 e. The average molecular weight is 871 g/mol. The van der Waals surface area contributed by atoms with Crippen LogP contribution in [0.1, 0.15) is 0 Å². The molecule has 0 unspecified atom stereocenters. The van der Waals surface area contributed by atoms with Crippen LogP contribution in [0, 0.1) is 0 Å².